The molecule has 0 unspecified atom stereocenters. The van der Waals surface area contributed by atoms with Crippen LogP contribution in [0, 0.1) is 0 Å². The zero-order valence-electron chi connectivity index (χ0n) is 7.79. The van der Waals surface area contributed by atoms with E-state index in [9.17, 15) is 5.11 Å². The van der Waals surface area contributed by atoms with E-state index in [0.717, 1.165) is 0 Å². The van der Waals surface area contributed by atoms with Crippen LogP contribution in [0.2, 0.25) is 30.1 Å². The lowest BCUT2D eigenvalue weighted by atomic mass is 10.1. The van der Waals surface area contributed by atoms with Crippen molar-refractivity contribution >= 4 is 80.4 Å². The molecule has 0 spiro atoms. The third kappa shape index (κ3) is 2.03. The van der Waals surface area contributed by atoms with Gasteiger partial charge in [0, 0.05) is 10.8 Å². The summed E-state index contributed by atoms with van der Waals surface area (Å²) in [7, 11) is 0. The Kier molecular flexibility index (Phi) is 3.80. The molecule has 0 saturated heterocycles. The molecule has 0 aliphatic carbocycles. The molecule has 0 fully saturated rings. The van der Waals surface area contributed by atoms with Crippen LogP contribution in [-0.2, 0) is 0 Å². The van der Waals surface area contributed by atoms with Gasteiger partial charge < -0.3 is 5.11 Å². The number of fused-ring (bicyclic) bond motifs is 1. The van der Waals surface area contributed by atoms with Gasteiger partial charge in [-0.05, 0) is 6.07 Å². The first-order valence-electron chi connectivity index (χ1n) is 4.18. The molecule has 1 nitrogen and oxygen atoms in total. The maximum absolute atomic E-state index is 9.87. The smallest absolute Gasteiger partial charge is 0.143 e. The minimum absolute atomic E-state index is 0.0126. The van der Waals surface area contributed by atoms with Crippen LogP contribution in [0.5, 0.6) is 5.75 Å². The summed E-state index contributed by atoms with van der Waals surface area (Å²) < 4.78 is 0. The average molecular weight is 351 g/mol. The Morgan fingerprint density at radius 3 is 1.82 bits per heavy atom. The Morgan fingerprint density at radius 1 is 0.706 bits per heavy atom. The lowest BCUT2D eigenvalue weighted by molar-refractivity contribution is 0.482. The van der Waals surface area contributed by atoms with Gasteiger partial charge in [-0.25, -0.2) is 0 Å². The molecule has 0 radical (unpaired) electrons. The van der Waals surface area contributed by atoms with E-state index in [2.05, 4.69) is 0 Å². The minimum atomic E-state index is -0.239. The summed E-state index contributed by atoms with van der Waals surface area (Å²) >= 11 is 35.5. The number of aromatic hydroxyl groups is 1. The van der Waals surface area contributed by atoms with Gasteiger partial charge in [-0.3, -0.25) is 0 Å². The van der Waals surface area contributed by atoms with Gasteiger partial charge >= 0.3 is 0 Å². The highest BCUT2D eigenvalue weighted by molar-refractivity contribution is 6.56. The van der Waals surface area contributed by atoms with Gasteiger partial charge in [0.15, 0.2) is 0 Å². The molecule has 0 heterocycles. The van der Waals surface area contributed by atoms with Gasteiger partial charge in [0.05, 0.1) is 25.1 Å². The largest absolute Gasteiger partial charge is 0.506 e. The maximum Gasteiger partial charge on any atom is 0.143 e. The molecule has 0 saturated carbocycles. The van der Waals surface area contributed by atoms with Gasteiger partial charge in [-0.1, -0.05) is 69.6 Å². The van der Waals surface area contributed by atoms with Crippen molar-refractivity contribution in [2.45, 2.75) is 0 Å². The first-order chi connectivity index (χ1) is 7.86. The fourth-order valence-electron chi connectivity index (χ4n) is 1.42. The summed E-state index contributed by atoms with van der Waals surface area (Å²) in [6.45, 7) is 0. The fourth-order valence-corrected chi connectivity index (χ4v) is 2.89. The second kappa shape index (κ2) is 4.73. The summed E-state index contributed by atoms with van der Waals surface area (Å²) in [5.74, 6) is -0.239. The number of benzene rings is 2. The normalized spacial score (nSPS) is 11.2. The zero-order chi connectivity index (χ0) is 12.9. The molecule has 1 N–H and O–H groups in total. The Labute approximate surface area is 127 Å². The van der Waals surface area contributed by atoms with E-state index in [4.69, 9.17) is 69.6 Å². The van der Waals surface area contributed by atoms with Crippen molar-refractivity contribution in [3.8, 4) is 5.75 Å². The van der Waals surface area contributed by atoms with Gasteiger partial charge in [-0.15, -0.1) is 0 Å². The second-order valence-corrected chi connectivity index (χ2v) is 5.50. The highest BCUT2D eigenvalue weighted by Gasteiger charge is 2.20. The monoisotopic (exact) mass is 348 g/mol. The number of hydrogen-bond acceptors (Lipinski definition) is 1. The Hall–Kier alpha value is 0.240. The van der Waals surface area contributed by atoms with Crippen LogP contribution in [0.1, 0.15) is 0 Å². The molecule has 0 aromatic heterocycles. The molecule has 17 heavy (non-hydrogen) atoms. The Bertz CT molecular complexity index is 629. The molecule has 2 aromatic carbocycles. The predicted octanol–water partition coefficient (Wildman–Crippen LogP) is 6.47. The van der Waals surface area contributed by atoms with E-state index in [-0.39, 0.29) is 35.9 Å². The van der Waals surface area contributed by atoms with Crippen LogP contribution in [0.25, 0.3) is 10.8 Å². The van der Waals surface area contributed by atoms with Gasteiger partial charge in [0.2, 0.25) is 0 Å². The lowest BCUT2D eigenvalue weighted by Crippen LogP contribution is -1.84. The minimum Gasteiger partial charge on any atom is -0.506 e. The first-order valence-corrected chi connectivity index (χ1v) is 6.45. The molecule has 2 aromatic rings. The number of rotatable bonds is 0. The van der Waals surface area contributed by atoms with Crippen LogP contribution in [0.3, 0.4) is 0 Å². The van der Waals surface area contributed by atoms with Crippen molar-refractivity contribution < 1.29 is 5.11 Å². The lowest BCUT2D eigenvalue weighted by Gasteiger charge is -2.11. The van der Waals surface area contributed by atoms with Crippen LogP contribution in [0.4, 0.5) is 0 Å². The molecule has 7 heteroatoms. The standard InChI is InChI=1S/C10H2Cl6O/c11-3-1-2-4(6(13)5(3)12)7(14)8(15)9(16)10(2)17/h1,17H. The summed E-state index contributed by atoms with van der Waals surface area (Å²) in [6.07, 6.45) is 0. The van der Waals surface area contributed by atoms with Crippen LogP contribution < -0.4 is 0 Å². The molecule has 0 atom stereocenters. The Morgan fingerprint density at radius 2 is 1.24 bits per heavy atom. The predicted molar refractivity (Wildman–Crippen MR) is 75.7 cm³/mol. The van der Waals surface area contributed by atoms with Crippen LogP contribution >= 0.6 is 69.6 Å². The third-order valence-electron chi connectivity index (χ3n) is 2.23. The highest BCUT2D eigenvalue weighted by atomic mass is 35.5. The summed E-state index contributed by atoms with van der Waals surface area (Å²) in [5, 5.41) is 11.0. The number of halogens is 6. The summed E-state index contributed by atoms with van der Waals surface area (Å²) in [5.41, 5.74) is 0. The quantitative estimate of drug-likeness (QED) is 0.540. The average Bonchev–Trinajstić information content (AvgIpc) is 2.30. The second-order valence-electron chi connectivity index (χ2n) is 3.20. The molecule has 2 rings (SSSR count). The number of hydrogen-bond donors (Lipinski definition) is 1. The van der Waals surface area contributed by atoms with Crippen molar-refractivity contribution in [2.24, 2.45) is 0 Å². The van der Waals surface area contributed by atoms with Crippen LogP contribution in [-0.4, -0.2) is 5.11 Å². The Balaban J connectivity index is 3.12. The topological polar surface area (TPSA) is 20.2 Å². The molecule has 0 aliphatic rings. The van der Waals surface area contributed by atoms with E-state index in [1.807, 2.05) is 0 Å². The van der Waals surface area contributed by atoms with Crippen LogP contribution in [0.15, 0.2) is 6.07 Å². The summed E-state index contributed by atoms with van der Waals surface area (Å²) in [4.78, 5) is 0. The molecule has 0 bridgehead atoms. The van der Waals surface area contributed by atoms with Gasteiger partial charge in [-0.2, -0.15) is 0 Å². The van der Waals surface area contributed by atoms with Crippen molar-refractivity contribution in [3.63, 3.8) is 0 Å². The number of phenols is 1. The zero-order valence-corrected chi connectivity index (χ0v) is 12.3. The summed E-state index contributed by atoms with van der Waals surface area (Å²) in [6, 6.07) is 1.43. The highest BCUT2D eigenvalue weighted by Crippen LogP contribution is 2.49. The van der Waals surface area contributed by atoms with Crippen molar-refractivity contribution in [1.29, 1.82) is 0 Å². The first kappa shape index (κ1) is 13.7. The molecule has 0 aliphatic heterocycles. The molecule has 0 amide bonds. The van der Waals surface area contributed by atoms with Gasteiger partial charge in [0.1, 0.15) is 10.8 Å². The fraction of sp³-hybridized carbons (Fsp3) is 0. The van der Waals surface area contributed by atoms with E-state index >= 15 is 0 Å². The number of phenolic OH excluding ortho intramolecular Hbond substituents is 1. The van der Waals surface area contributed by atoms with E-state index < -0.39 is 0 Å². The molecule has 90 valence electrons. The van der Waals surface area contributed by atoms with E-state index in [1.165, 1.54) is 6.07 Å². The van der Waals surface area contributed by atoms with E-state index in [1.54, 1.807) is 0 Å². The van der Waals surface area contributed by atoms with Crippen molar-refractivity contribution in [3.05, 3.63) is 36.2 Å². The SMILES string of the molecule is Oc1c(Cl)c(Cl)c(Cl)c2c(Cl)c(Cl)c(Cl)cc12. The van der Waals surface area contributed by atoms with E-state index in [0.29, 0.717) is 10.8 Å². The van der Waals surface area contributed by atoms with Gasteiger partial charge in [0.25, 0.3) is 0 Å². The van der Waals surface area contributed by atoms with Crippen molar-refractivity contribution in [1.82, 2.24) is 0 Å². The maximum atomic E-state index is 9.87. The molecular formula is C10H2Cl6O. The molecular weight excluding hydrogens is 349 g/mol. The van der Waals surface area contributed by atoms with Crippen molar-refractivity contribution in [2.75, 3.05) is 0 Å². The third-order valence-corrected chi connectivity index (χ3v) is 4.81.